The standard InChI is InChI=1S/C19H21NO5/c1-12-11-13(2)20-16(24-18(22)25-19(3,4)5)15(12)17(21)23-14-9-7-6-8-10-14/h6-11H,1-5H3. The van der Waals surface area contributed by atoms with E-state index in [4.69, 9.17) is 14.2 Å². The predicted molar refractivity (Wildman–Crippen MR) is 92.0 cm³/mol. The van der Waals surface area contributed by atoms with Gasteiger partial charge in [0.05, 0.1) is 0 Å². The number of hydrogen-bond donors (Lipinski definition) is 0. The summed E-state index contributed by atoms with van der Waals surface area (Å²) in [5, 5.41) is 0. The van der Waals surface area contributed by atoms with Gasteiger partial charge in [0.2, 0.25) is 5.88 Å². The average molecular weight is 343 g/mol. The summed E-state index contributed by atoms with van der Waals surface area (Å²) in [6, 6.07) is 10.3. The molecule has 0 amide bonds. The van der Waals surface area contributed by atoms with Crippen molar-refractivity contribution in [2.24, 2.45) is 0 Å². The molecule has 0 spiro atoms. The van der Waals surface area contributed by atoms with E-state index in [0.29, 0.717) is 17.0 Å². The highest BCUT2D eigenvalue weighted by Crippen LogP contribution is 2.24. The Labute approximate surface area is 146 Å². The second kappa shape index (κ2) is 7.34. The first-order chi connectivity index (χ1) is 11.7. The molecular formula is C19H21NO5. The fourth-order valence-electron chi connectivity index (χ4n) is 2.12. The number of pyridine rings is 1. The number of benzene rings is 1. The zero-order chi connectivity index (χ0) is 18.6. The van der Waals surface area contributed by atoms with E-state index in [1.165, 1.54) is 0 Å². The van der Waals surface area contributed by atoms with E-state index in [1.807, 2.05) is 6.07 Å². The quantitative estimate of drug-likeness (QED) is 0.613. The SMILES string of the molecule is Cc1cc(C)c(C(=O)Oc2ccccc2)c(OC(=O)OC(C)(C)C)n1. The van der Waals surface area contributed by atoms with Gasteiger partial charge in [0.15, 0.2) is 0 Å². The largest absolute Gasteiger partial charge is 0.515 e. The van der Waals surface area contributed by atoms with Gasteiger partial charge in [-0.05, 0) is 58.4 Å². The van der Waals surface area contributed by atoms with Crippen LogP contribution in [-0.4, -0.2) is 22.7 Å². The Kier molecular flexibility index (Phi) is 5.41. The van der Waals surface area contributed by atoms with E-state index in [-0.39, 0.29) is 11.4 Å². The fourth-order valence-corrected chi connectivity index (χ4v) is 2.12. The molecule has 6 nitrogen and oxygen atoms in total. The topological polar surface area (TPSA) is 74.7 Å². The van der Waals surface area contributed by atoms with Crippen LogP contribution in [0.4, 0.5) is 4.79 Å². The first-order valence-corrected chi connectivity index (χ1v) is 7.82. The number of nitrogens with zero attached hydrogens (tertiary/aromatic N) is 1. The summed E-state index contributed by atoms with van der Waals surface area (Å²) in [5.74, 6) is -0.405. The van der Waals surface area contributed by atoms with Crippen LogP contribution in [0.3, 0.4) is 0 Å². The lowest BCUT2D eigenvalue weighted by Gasteiger charge is -2.19. The minimum Gasteiger partial charge on any atom is -0.428 e. The van der Waals surface area contributed by atoms with Crippen LogP contribution in [0.1, 0.15) is 42.4 Å². The van der Waals surface area contributed by atoms with Crippen molar-refractivity contribution in [1.82, 2.24) is 4.98 Å². The summed E-state index contributed by atoms with van der Waals surface area (Å²) < 4.78 is 15.6. The van der Waals surface area contributed by atoms with E-state index in [9.17, 15) is 9.59 Å². The van der Waals surface area contributed by atoms with Crippen LogP contribution >= 0.6 is 0 Å². The predicted octanol–water partition coefficient (Wildman–Crippen LogP) is 4.23. The number of carbonyl (C=O) groups excluding carboxylic acids is 2. The van der Waals surface area contributed by atoms with Crippen LogP contribution in [0.2, 0.25) is 0 Å². The smallest absolute Gasteiger partial charge is 0.428 e. The molecule has 0 saturated carbocycles. The molecule has 0 fully saturated rings. The van der Waals surface area contributed by atoms with Crippen LogP contribution in [0.15, 0.2) is 36.4 Å². The third-order valence-electron chi connectivity index (χ3n) is 3.04. The molecule has 0 bridgehead atoms. The fraction of sp³-hybridized carbons (Fsp3) is 0.316. The number of esters is 1. The molecule has 2 rings (SSSR count). The molecule has 0 aliphatic heterocycles. The van der Waals surface area contributed by atoms with E-state index in [1.54, 1.807) is 65.0 Å². The van der Waals surface area contributed by atoms with Gasteiger partial charge in [0, 0.05) is 5.69 Å². The molecular weight excluding hydrogens is 322 g/mol. The Hall–Kier alpha value is -2.89. The van der Waals surface area contributed by atoms with Crippen molar-refractivity contribution in [2.75, 3.05) is 0 Å². The number of aromatic nitrogens is 1. The Morgan fingerprint density at radius 2 is 1.64 bits per heavy atom. The number of para-hydroxylation sites is 1. The van der Waals surface area contributed by atoms with Crippen LogP contribution in [0.5, 0.6) is 11.6 Å². The second-order valence-corrected chi connectivity index (χ2v) is 6.53. The van der Waals surface area contributed by atoms with Gasteiger partial charge in [-0.1, -0.05) is 18.2 Å². The molecule has 1 heterocycles. The molecule has 2 aromatic rings. The summed E-state index contributed by atoms with van der Waals surface area (Å²) in [6.45, 7) is 8.61. The summed E-state index contributed by atoms with van der Waals surface area (Å²) in [6.07, 6.45) is -0.932. The first-order valence-electron chi connectivity index (χ1n) is 7.82. The Morgan fingerprint density at radius 1 is 1.00 bits per heavy atom. The zero-order valence-corrected chi connectivity index (χ0v) is 15.0. The van der Waals surface area contributed by atoms with Crippen molar-refractivity contribution >= 4 is 12.1 Å². The van der Waals surface area contributed by atoms with Gasteiger partial charge in [0.25, 0.3) is 0 Å². The summed E-state index contributed by atoms with van der Waals surface area (Å²) >= 11 is 0. The van der Waals surface area contributed by atoms with Gasteiger partial charge in [-0.2, -0.15) is 0 Å². The highest BCUT2D eigenvalue weighted by Gasteiger charge is 2.25. The molecule has 0 N–H and O–H groups in total. The molecule has 25 heavy (non-hydrogen) atoms. The van der Waals surface area contributed by atoms with Crippen molar-refractivity contribution in [2.45, 2.75) is 40.2 Å². The average Bonchev–Trinajstić information content (AvgIpc) is 2.45. The van der Waals surface area contributed by atoms with Crippen molar-refractivity contribution < 1.29 is 23.8 Å². The van der Waals surface area contributed by atoms with Crippen LogP contribution in [0.25, 0.3) is 0 Å². The second-order valence-electron chi connectivity index (χ2n) is 6.53. The Bertz CT molecular complexity index is 778. The van der Waals surface area contributed by atoms with E-state index < -0.39 is 17.7 Å². The van der Waals surface area contributed by atoms with E-state index >= 15 is 0 Å². The maximum absolute atomic E-state index is 12.5. The van der Waals surface area contributed by atoms with Gasteiger partial charge < -0.3 is 14.2 Å². The van der Waals surface area contributed by atoms with Gasteiger partial charge in [-0.15, -0.1) is 0 Å². The number of rotatable bonds is 3. The Morgan fingerprint density at radius 3 is 2.24 bits per heavy atom. The van der Waals surface area contributed by atoms with Crippen molar-refractivity contribution in [1.29, 1.82) is 0 Å². The molecule has 0 atom stereocenters. The minimum atomic E-state index is -0.932. The molecule has 132 valence electrons. The lowest BCUT2D eigenvalue weighted by atomic mass is 10.1. The molecule has 0 saturated heterocycles. The third kappa shape index (κ3) is 5.31. The normalized spacial score (nSPS) is 10.9. The third-order valence-corrected chi connectivity index (χ3v) is 3.04. The van der Waals surface area contributed by atoms with Gasteiger partial charge in [0.1, 0.15) is 16.9 Å². The number of ether oxygens (including phenoxy) is 3. The summed E-state index contributed by atoms with van der Waals surface area (Å²) in [4.78, 5) is 28.6. The van der Waals surface area contributed by atoms with Gasteiger partial charge in [-0.25, -0.2) is 14.6 Å². The first kappa shape index (κ1) is 18.4. The molecule has 1 aromatic carbocycles. The van der Waals surface area contributed by atoms with Crippen LogP contribution in [0, 0.1) is 13.8 Å². The maximum atomic E-state index is 12.5. The van der Waals surface area contributed by atoms with Crippen molar-refractivity contribution in [3.05, 3.63) is 53.2 Å². The minimum absolute atomic E-state index is 0.0836. The number of hydrogen-bond acceptors (Lipinski definition) is 6. The highest BCUT2D eigenvalue weighted by molar-refractivity contribution is 5.95. The number of aryl methyl sites for hydroxylation is 2. The van der Waals surface area contributed by atoms with Crippen molar-refractivity contribution in [3.63, 3.8) is 0 Å². The molecule has 0 aliphatic rings. The molecule has 0 unspecified atom stereocenters. The lowest BCUT2D eigenvalue weighted by molar-refractivity contribution is 0.0195. The number of carbonyl (C=O) groups is 2. The molecule has 1 aromatic heterocycles. The van der Waals surface area contributed by atoms with Crippen LogP contribution < -0.4 is 9.47 Å². The molecule has 0 aliphatic carbocycles. The monoisotopic (exact) mass is 343 g/mol. The lowest BCUT2D eigenvalue weighted by Crippen LogP contribution is -2.27. The summed E-state index contributed by atoms with van der Waals surface area (Å²) in [5.41, 5.74) is 0.556. The Balaban J connectivity index is 2.30. The zero-order valence-electron chi connectivity index (χ0n) is 15.0. The van der Waals surface area contributed by atoms with E-state index in [0.717, 1.165) is 0 Å². The molecule has 6 heteroatoms. The highest BCUT2D eigenvalue weighted by atomic mass is 16.7. The van der Waals surface area contributed by atoms with Crippen molar-refractivity contribution in [3.8, 4) is 11.6 Å². The van der Waals surface area contributed by atoms with Gasteiger partial charge >= 0.3 is 12.1 Å². The van der Waals surface area contributed by atoms with Gasteiger partial charge in [-0.3, -0.25) is 0 Å². The van der Waals surface area contributed by atoms with Crippen LogP contribution in [-0.2, 0) is 4.74 Å². The molecule has 0 radical (unpaired) electrons. The summed E-state index contributed by atoms with van der Waals surface area (Å²) in [7, 11) is 0. The maximum Gasteiger partial charge on any atom is 0.515 e. The van der Waals surface area contributed by atoms with E-state index in [2.05, 4.69) is 4.98 Å².